The Balaban J connectivity index is 1.74. The van der Waals surface area contributed by atoms with Gasteiger partial charge in [0.2, 0.25) is 15.3 Å². The molecule has 0 spiro atoms. The third kappa shape index (κ3) is 4.91. The molecule has 0 saturated heterocycles. The van der Waals surface area contributed by atoms with E-state index < -0.39 is 21.3 Å². The second kappa shape index (κ2) is 9.80. The number of unbranched alkanes of at least 4 members (excludes halogenated alkanes) is 2. The van der Waals surface area contributed by atoms with Crippen molar-refractivity contribution in [3.63, 3.8) is 0 Å². The lowest BCUT2D eigenvalue weighted by Gasteiger charge is -2.17. The second-order valence-corrected chi connectivity index (χ2v) is 9.72. The average Bonchev–Trinajstić information content (AvgIpc) is 3.15. The number of hydrogen-bond acceptors (Lipinski definition) is 5. The Bertz CT molecular complexity index is 1260. The number of aromatic nitrogens is 4. The summed E-state index contributed by atoms with van der Waals surface area (Å²) >= 11 is 5.93. The van der Waals surface area contributed by atoms with Crippen LogP contribution in [0.3, 0.4) is 0 Å². The van der Waals surface area contributed by atoms with Crippen LogP contribution in [-0.2, 0) is 23.1 Å². The summed E-state index contributed by atoms with van der Waals surface area (Å²) in [5, 5.41) is 0.0576. The molecule has 0 fully saturated rings. The van der Waals surface area contributed by atoms with E-state index in [1.165, 1.54) is 15.9 Å². The molecule has 2 heterocycles. The number of aromatic amines is 1. The molecule has 0 saturated carbocycles. The van der Waals surface area contributed by atoms with E-state index in [0.29, 0.717) is 19.4 Å². The normalized spacial score (nSPS) is 12.1. The standard InChI is InChI=1S/C20H26ClN5O4S/c1-3-4-13-25-17-16(22-19(21)23-17)18(27)26(20(25)28)14-9-8-12-24(2)31(29,30)15-10-6-5-7-11-15/h5-7,10-11H,3-4,8-9,12-14H2,1-2H3,(H,22,23). The molecule has 0 atom stereocenters. The zero-order chi connectivity index (χ0) is 22.6. The topological polar surface area (TPSA) is 110 Å². The molecule has 0 aliphatic carbocycles. The molecule has 31 heavy (non-hydrogen) atoms. The Hall–Kier alpha value is -2.43. The Labute approximate surface area is 185 Å². The number of H-pyrrole nitrogens is 1. The molecule has 0 amide bonds. The Kier molecular flexibility index (Phi) is 7.34. The number of nitrogens with zero attached hydrogens (tertiary/aromatic N) is 4. The molecule has 3 rings (SSSR count). The van der Waals surface area contributed by atoms with Gasteiger partial charge in [-0.3, -0.25) is 13.9 Å². The van der Waals surface area contributed by atoms with Gasteiger partial charge >= 0.3 is 5.69 Å². The highest BCUT2D eigenvalue weighted by Gasteiger charge is 2.20. The minimum Gasteiger partial charge on any atom is -0.323 e. The number of benzene rings is 1. The van der Waals surface area contributed by atoms with E-state index in [2.05, 4.69) is 9.97 Å². The smallest absolute Gasteiger partial charge is 0.323 e. The van der Waals surface area contributed by atoms with E-state index in [0.717, 1.165) is 17.4 Å². The van der Waals surface area contributed by atoms with Crippen LogP contribution in [0.1, 0.15) is 32.6 Å². The number of nitrogens with one attached hydrogen (secondary N) is 1. The summed E-state index contributed by atoms with van der Waals surface area (Å²) in [6, 6.07) is 8.21. The number of fused-ring (bicyclic) bond motifs is 1. The van der Waals surface area contributed by atoms with Crippen LogP contribution >= 0.6 is 11.6 Å². The molecule has 0 radical (unpaired) electrons. The quantitative estimate of drug-likeness (QED) is 0.363. The summed E-state index contributed by atoms with van der Waals surface area (Å²) < 4.78 is 29.1. The van der Waals surface area contributed by atoms with Crippen molar-refractivity contribution in [3.8, 4) is 0 Å². The minimum absolute atomic E-state index is 0.0576. The molecule has 168 valence electrons. The van der Waals surface area contributed by atoms with Crippen LogP contribution in [0, 0.1) is 0 Å². The van der Waals surface area contributed by atoms with Crippen molar-refractivity contribution >= 4 is 32.8 Å². The highest BCUT2D eigenvalue weighted by atomic mass is 35.5. The molecule has 11 heteroatoms. The fraction of sp³-hybridized carbons (Fsp3) is 0.450. The van der Waals surface area contributed by atoms with Gasteiger partial charge in [0, 0.05) is 26.7 Å². The largest absolute Gasteiger partial charge is 0.332 e. The van der Waals surface area contributed by atoms with E-state index in [9.17, 15) is 18.0 Å². The van der Waals surface area contributed by atoms with Crippen molar-refractivity contribution in [3.05, 3.63) is 56.5 Å². The number of sulfonamides is 1. The predicted molar refractivity (Wildman–Crippen MR) is 120 cm³/mol. The van der Waals surface area contributed by atoms with Gasteiger partial charge < -0.3 is 4.98 Å². The van der Waals surface area contributed by atoms with Crippen LogP contribution < -0.4 is 11.2 Å². The lowest BCUT2D eigenvalue weighted by atomic mass is 10.3. The van der Waals surface area contributed by atoms with Crippen molar-refractivity contribution in [1.29, 1.82) is 0 Å². The molecule has 0 unspecified atom stereocenters. The molecule has 0 bridgehead atoms. The molecular formula is C20H26ClN5O4S. The average molecular weight is 468 g/mol. The molecule has 9 nitrogen and oxygen atoms in total. The van der Waals surface area contributed by atoms with Crippen molar-refractivity contribution in [1.82, 2.24) is 23.4 Å². The van der Waals surface area contributed by atoms with Gasteiger partial charge in [0.1, 0.15) is 0 Å². The third-order valence-corrected chi connectivity index (χ3v) is 7.17. The summed E-state index contributed by atoms with van der Waals surface area (Å²) in [4.78, 5) is 32.7. The van der Waals surface area contributed by atoms with Gasteiger partial charge in [-0.15, -0.1) is 0 Å². The fourth-order valence-corrected chi connectivity index (χ4v) is 4.76. The predicted octanol–water partition coefficient (Wildman–Crippen LogP) is 2.44. The molecule has 3 aromatic rings. The summed E-state index contributed by atoms with van der Waals surface area (Å²) in [7, 11) is -2.05. The van der Waals surface area contributed by atoms with Gasteiger partial charge in [-0.25, -0.2) is 17.5 Å². The molecule has 1 N–H and O–H groups in total. The van der Waals surface area contributed by atoms with E-state index in [1.807, 2.05) is 6.92 Å². The summed E-state index contributed by atoms with van der Waals surface area (Å²) in [6.07, 6.45) is 2.60. The second-order valence-electron chi connectivity index (χ2n) is 7.32. The highest BCUT2D eigenvalue weighted by molar-refractivity contribution is 7.89. The molecule has 2 aromatic heterocycles. The molecule has 1 aromatic carbocycles. The molecule has 0 aliphatic rings. The Morgan fingerprint density at radius 2 is 1.74 bits per heavy atom. The maximum atomic E-state index is 12.9. The number of imidazole rings is 1. The van der Waals surface area contributed by atoms with Crippen LogP contribution in [0.15, 0.2) is 44.8 Å². The first-order valence-electron chi connectivity index (χ1n) is 10.2. The van der Waals surface area contributed by atoms with Crippen molar-refractivity contribution in [2.75, 3.05) is 13.6 Å². The van der Waals surface area contributed by atoms with E-state index >= 15 is 0 Å². The van der Waals surface area contributed by atoms with Crippen LogP contribution in [0.4, 0.5) is 0 Å². The van der Waals surface area contributed by atoms with Gasteiger partial charge in [-0.05, 0) is 43.0 Å². The van der Waals surface area contributed by atoms with Crippen molar-refractivity contribution in [2.45, 2.75) is 50.6 Å². The zero-order valence-electron chi connectivity index (χ0n) is 17.5. The van der Waals surface area contributed by atoms with Crippen LogP contribution in [0.2, 0.25) is 5.28 Å². The van der Waals surface area contributed by atoms with E-state index in [4.69, 9.17) is 11.6 Å². The Morgan fingerprint density at radius 3 is 2.42 bits per heavy atom. The number of hydrogen-bond donors (Lipinski definition) is 1. The zero-order valence-corrected chi connectivity index (χ0v) is 19.1. The van der Waals surface area contributed by atoms with Crippen molar-refractivity contribution < 1.29 is 8.42 Å². The van der Waals surface area contributed by atoms with Gasteiger partial charge in [0.25, 0.3) is 5.56 Å². The molecule has 0 aliphatic heterocycles. The van der Waals surface area contributed by atoms with E-state index in [-0.39, 0.29) is 34.4 Å². The monoisotopic (exact) mass is 467 g/mol. The number of aryl methyl sites for hydroxylation is 1. The summed E-state index contributed by atoms with van der Waals surface area (Å²) in [5.41, 5.74) is -0.445. The molecular weight excluding hydrogens is 442 g/mol. The SMILES string of the molecule is CCCCn1c(=O)n(CCCCN(C)S(=O)(=O)c2ccccc2)c(=O)c2[nH]c(Cl)nc21. The Morgan fingerprint density at radius 1 is 1.06 bits per heavy atom. The van der Waals surface area contributed by atoms with Crippen LogP contribution in [0.25, 0.3) is 11.2 Å². The van der Waals surface area contributed by atoms with Crippen LogP contribution in [-0.4, -0.2) is 45.4 Å². The number of halogens is 1. The van der Waals surface area contributed by atoms with Gasteiger partial charge in [0.05, 0.1) is 4.90 Å². The fourth-order valence-electron chi connectivity index (χ4n) is 3.35. The summed E-state index contributed by atoms with van der Waals surface area (Å²) in [6.45, 7) is 2.89. The maximum Gasteiger partial charge on any atom is 0.332 e. The maximum absolute atomic E-state index is 12.9. The van der Waals surface area contributed by atoms with Gasteiger partial charge in [-0.2, -0.15) is 4.98 Å². The third-order valence-electron chi connectivity index (χ3n) is 5.12. The van der Waals surface area contributed by atoms with Crippen LogP contribution in [0.5, 0.6) is 0 Å². The van der Waals surface area contributed by atoms with Gasteiger partial charge in [-0.1, -0.05) is 31.5 Å². The number of rotatable bonds is 10. The highest BCUT2D eigenvalue weighted by Crippen LogP contribution is 2.14. The lowest BCUT2D eigenvalue weighted by molar-refractivity contribution is 0.440. The van der Waals surface area contributed by atoms with Crippen molar-refractivity contribution in [2.24, 2.45) is 0 Å². The van der Waals surface area contributed by atoms with E-state index in [1.54, 1.807) is 30.3 Å². The van der Waals surface area contributed by atoms with Gasteiger partial charge in [0.15, 0.2) is 11.2 Å². The minimum atomic E-state index is -3.57. The first-order valence-corrected chi connectivity index (χ1v) is 12.0. The lowest BCUT2D eigenvalue weighted by Crippen LogP contribution is -2.40. The first-order chi connectivity index (χ1) is 14.8. The summed E-state index contributed by atoms with van der Waals surface area (Å²) in [5.74, 6) is 0. The first kappa shape index (κ1) is 23.2.